The summed E-state index contributed by atoms with van der Waals surface area (Å²) < 4.78 is 2.07. The monoisotopic (exact) mass is 684 g/mol. The van der Waals surface area contributed by atoms with E-state index < -0.39 is 27.3 Å². The van der Waals surface area contributed by atoms with Gasteiger partial charge in [-0.1, -0.05) is 131 Å². The Balaban J connectivity index is 1.96. The lowest BCUT2D eigenvalue weighted by molar-refractivity contribution is 0.104. The van der Waals surface area contributed by atoms with Gasteiger partial charge < -0.3 is 10.2 Å². The Bertz CT molecular complexity index is 1710. The van der Waals surface area contributed by atoms with Gasteiger partial charge in [-0.15, -0.1) is 33.8 Å². The number of fused-ring (bicyclic) bond motifs is 6. The molecule has 0 aliphatic heterocycles. The molecule has 2 atom stereocenters. The van der Waals surface area contributed by atoms with E-state index in [9.17, 15) is 10.2 Å². The summed E-state index contributed by atoms with van der Waals surface area (Å²) in [4.78, 5) is 1.44. The smallest absolute Gasteiger partial charge is 0.187 e. The van der Waals surface area contributed by atoms with Crippen LogP contribution in [0, 0.1) is 22.9 Å². The van der Waals surface area contributed by atoms with Crippen LogP contribution in [0.1, 0.15) is 104 Å². The number of rotatable bonds is 6. The van der Waals surface area contributed by atoms with Crippen LogP contribution in [0.4, 0.5) is 0 Å². The summed E-state index contributed by atoms with van der Waals surface area (Å²) in [6, 6.07) is 16.5. The zero-order valence-corrected chi connectivity index (χ0v) is 33.4. The maximum Gasteiger partial charge on any atom is 0.187 e. The fourth-order valence-electron chi connectivity index (χ4n) is 9.05. The van der Waals surface area contributed by atoms with E-state index in [-0.39, 0.29) is 0 Å². The molecule has 0 saturated carbocycles. The van der Waals surface area contributed by atoms with Gasteiger partial charge in [0.1, 0.15) is 16.1 Å². The first-order valence-electron chi connectivity index (χ1n) is 17.1. The van der Waals surface area contributed by atoms with E-state index in [0.29, 0.717) is 33.2 Å². The normalized spacial score (nSPS) is 20.1. The minimum atomic E-state index is -2.20. The van der Waals surface area contributed by atoms with Crippen LogP contribution in [0.5, 0.6) is 0 Å². The minimum Gasteiger partial charge on any atom is -0.369 e. The lowest BCUT2D eigenvalue weighted by Gasteiger charge is -2.40. The van der Waals surface area contributed by atoms with Gasteiger partial charge >= 0.3 is 0 Å². The molecule has 1 aliphatic rings. The molecule has 2 aromatic carbocycles. The summed E-state index contributed by atoms with van der Waals surface area (Å²) in [5, 5.41) is 28.5. The first-order valence-corrected chi connectivity index (χ1v) is 23.2. The van der Waals surface area contributed by atoms with Crippen molar-refractivity contribution in [2.24, 2.45) is 0 Å². The third kappa shape index (κ3) is 5.02. The predicted octanol–water partition coefficient (Wildman–Crippen LogP) is 11.3. The van der Waals surface area contributed by atoms with Crippen molar-refractivity contribution >= 4 is 59.0 Å². The number of thiophene rings is 2. The highest BCUT2D eigenvalue weighted by Gasteiger charge is 2.54. The Morgan fingerprint density at radius 3 is 1.07 bits per heavy atom. The van der Waals surface area contributed by atoms with Crippen LogP contribution < -0.4 is 0 Å². The maximum atomic E-state index is 13.3. The van der Waals surface area contributed by atoms with Crippen LogP contribution in [-0.4, -0.2) is 26.4 Å². The molecule has 0 saturated heterocycles. The lowest BCUT2D eigenvalue weighted by atomic mass is 9.74. The van der Waals surface area contributed by atoms with Gasteiger partial charge in [0.2, 0.25) is 0 Å². The van der Waals surface area contributed by atoms with E-state index >= 15 is 0 Å². The van der Waals surface area contributed by atoms with Gasteiger partial charge in [-0.2, -0.15) is 0 Å². The van der Waals surface area contributed by atoms with E-state index in [1.54, 1.807) is 22.7 Å². The molecule has 1 aliphatic carbocycles. The fourth-order valence-corrected chi connectivity index (χ4v) is 22.2. The Morgan fingerprint density at radius 1 is 0.500 bits per heavy atom. The van der Waals surface area contributed by atoms with Crippen molar-refractivity contribution in [3.8, 4) is 22.9 Å². The van der Waals surface area contributed by atoms with Crippen molar-refractivity contribution in [3.05, 3.63) is 69.4 Å². The van der Waals surface area contributed by atoms with Crippen molar-refractivity contribution in [2.45, 2.75) is 128 Å². The molecule has 0 amide bonds. The van der Waals surface area contributed by atoms with E-state index in [1.807, 2.05) is 24.3 Å². The molecule has 46 heavy (non-hydrogen) atoms. The molecule has 2 heterocycles. The molecule has 2 nitrogen and oxygen atoms in total. The zero-order chi connectivity index (χ0) is 34.0. The standard InChI is InChI=1S/C40H52O2S2Si2/c1-25(2)45(26(3)4,27(5)6)23-21-39(41)35-31-17-13-15-19-33(31)44-38(35)40(42,22-24-46(28(7)8,29(9)10)30(11)12)36-32-18-14-16-20-34(32)43-37(36)39/h13-20,25-30,41-42H,1-12H3. The number of hydrogen-bond donors (Lipinski definition) is 2. The van der Waals surface area contributed by atoms with Crippen molar-refractivity contribution in [2.75, 3.05) is 0 Å². The Labute approximate surface area is 287 Å². The van der Waals surface area contributed by atoms with E-state index in [4.69, 9.17) is 0 Å². The third-order valence-corrected chi connectivity index (χ3v) is 26.4. The third-order valence-electron chi connectivity index (χ3n) is 11.2. The zero-order valence-electron chi connectivity index (χ0n) is 29.8. The van der Waals surface area contributed by atoms with Gasteiger partial charge in [0.05, 0.1) is 9.75 Å². The lowest BCUT2D eigenvalue weighted by Crippen LogP contribution is -2.45. The molecule has 5 rings (SSSR count). The quantitative estimate of drug-likeness (QED) is 0.157. The number of hydrogen-bond acceptors (Lipinski definition) is 4. The second-order valence-corrected chi connectivity index (χ2v) is 28.6. The average Bonchev–Trinajstić information content (AvgIpc) is 3.57. The summed E-state index contributed by atoms with van der Waals surface area (Å²) in [6.45, 7) is 27.7. The van der Waals surface area contributed by atoms with Gasteiger partial charge in [-0.3, -0.25) is 0 Å². The Morgan fingerprint density at radius 2 is 0.783 bits per heavy atom. The molecule has 0 bridgehead atoms. The number of benzene rings is 2. The highest BCUT2D eigenvalue weighted by molar-refractivity contribution is 7.20. The maximum absolute atomic E-state index is 13.3. The molecule has 4 aromatic rings. The number of aliphatic hydroxyl groups is 2. The van der Waals surface area contributed by atoms with Crippen molar-refractivity contribution in [1.29, 1.82) is 0 Å². The van der Waals surface area contributed by atoms with Gasteiger partial charge in [0, 0.05) is 31.3 Å². The second-order valence-electron chi connectivity index (χ2n) is 15.3. The SMILES string of the molecule is CC(C)[Si](C#CC1(O)c2sc3ccccc3c2C(O)(C#C[Si](C(C)C)(C(C)C)C(C)C)c2sc3ccccc3c21)(C(C)C)C(C)C. The van der Waals surface area contributed by atoms with Crippen LogP contribution in [0.15, 0.2) is 48.5 Å². The van der Waals surface area contributed by atoms with Gasteiger partial charge in [-0.05, 0) is 45.4 Å². The summed E-state index contributed by atoms with van der Waals surface area (Å²) in [5.41, 5.74) is 8.66. The molecule has 0 fully saturated rings. The topological polar surface area (TPSA) is 40.5 Å². The van der Waals surface area contributed by atoms with Crippen molar-refractivity contribution < 1.29 is 10.2 Å². The van der Waals surface area contributed by atoms with Crippen molar-refractivity contribution in [1.82, 2.24) is 0 Å². The molecule has 2 aromatic heterocycles. The Kier molecular flexibility index (Phi) is 9.45. The van der Waals surface area contributed by atoms with Gasteiger partial charge in [0.25, 0.3) is 0 Å². The molecule has 0 spiro atoms. The van der Waals surface area contributed by atoms with Crippen LogP contribution in [0.2, 0.25) is 33.2 Å². The van der Waals surface area contributed by atoms with E-state index in [1.165, 1.54) is 0 Å². The van der Waals surface area contributed by atoms with Gasteiger partial charge in [0.15, 0.2) is 11.2 Å². The first kappa shape index (κ1) is 35.1. The second kappa shape index (κ2) is 12.4. The highest BCUT2D eigenvalue weighted by Crippen LogP contribution is 2.58. The van der Waals surface area contributed by atoms with E-state index in [0.717, 1.165) is 41.1 Å². The summed E-state index contributed by atoms with van der Waals surface area (Å²) >= 11 is 3.13. The minimum absolute atomic E-state index is 0.428. The molecular weight excluding hydrogens is 633 g/mol. The first-order chi connectivity index (χ1) is 21.5. The van der Waals surface area contributed by atoms with Crippen LogP contribution in [0.3, 0.4) is 0 Å². The summed E-state index contributed by atoms with van der Waals surface area (Å²) in [5.74, 6) is 7.27. The molecular formula is C40H52O2S2Si2. The Hall–Kier alpha value is -2.17. The van der Waals surface area contributed by atoms with Crippen LogP contribution in [0.25, 0.3) is 20.2 Å². The fraction of sp³-hybridized carbons (Fsp3) is 0.500. The van der Waals surface area contributed by atoms with Crippen LogP contribution >= 0.6 is 22.7 Å². The molecule has 2 unspecified atom stereocenters. The van der Waals surface area contributed by atoms with Crippen LogP contribution in [-0.2, 0) is 11.2 Å². The molecule has 0 radical (unpaired) electrons. The molecule has 244 valence electrons. The van der Waals surface area contributed by atoms with Crippen molar-refractivity contribution in [3.63, 3.8) is 0 Å². The van der Waals surface area contributed by atoms with E-state index in [2.05, 4.69) is 130 Å². The van der Waals surface area contributed by atoms with Gasteiger partial charge in [-0.25, -0.2) is 0 Å². The highest BCUT2D eigenvalue weighted by atomic mass is 32.1. The molecule has 2 N–H and O–H groups in total. The summed E-state index contributed by atoms with van der Waals surface area (Å²) in [7, 11) is -4.40. The summed E-state index contributed by atoms with van der Waals surface area (Å²) in [6.07, 6.45) is 0. The largest absolute Gasteiger partial charge is 0.369 e. The molecule has 6 heteroatoms. The predicted molar refractivity (Wildman–Crippen MR) is 207 cm³/mol. The average molecular weight is 685 g/mol.